The van der Waals surface area contributed by atoms with Gasteiger partial charge in [0.2, 0.25) is 0 Å². The molecular weight excluding hydrogens is 544 g/mol. The number of hydrogen-bond acceptors (Lipinski definition) is 2. The van der Waals surface area contributed by atoms with Crippen molar-refractivity contribution in [3.63, 3.8) is 0 Å². The lowest BCUT2D eigenvalue weighted by atomic mass is 9.81. The molecule has 45 heavy (non-hydrogen) atoms. The molecule has 0 amide bonds. The van der Waals surface area contributed by atoms with Crippen LogP contribution in [0.1, 0.15) is 41.5 Å². The van der Waals surface area contributed by atoms with E-state index in [-0.39, 0.29) is 5.92 Å². The fourth-order valence-corrected chi connectivity index (χ4v) is 6.20. The first-order valence-corrected chi connectivity index (χ1v) is 15.5. The van der Waals surface area contributed by atoms with Crippen LogP contribution in [0.2, 0.25) is 0 Å². The van der Waals surface area contributed by atoms with Crippen LogP contribution in [0, 0.1) is 0 Å². The molecule has 4 aromatic carbocycles. The van der Waals surface area contributed by atoms with Gasteiger partial charge in [0.1, 0.15) is 0 Å². The zero-order valence-electron chi connectivity index (χ0n) is 25.3. The number of aromatic nitrogens is 2. The smallest absolute Gasteiger partial charge is 0.0347 e. The first-order chi connectivity index (χ1) is 22.2. The normalized spacial score (nSPS) is 14.2. The molecule has 2 heterocycles. The lowest BCUT2D eigenvalue weighted by molar-refractivity contribution is 0.907. The summed E-state index contributed by atoms with van der Waals surface area (Å²) >= 11 is 0. The molecule has 0 aliphatic heterocycles. The van der Waals surface area contributed by atoms with Gasteiger partial charge in [-0.3, -0.25) is 9.97 Å². The van der Waals surface area contributed by atoms with Crippen molar-refractivity contribution in [1.82, 2.24) is 9.97 Å². The zero-order chi connectivity index (χ0) is 30.4. The highest BCUT2D eigenvalue weighted by Crippen LogP contribution is 2.40. The third-order valence-corrected chi connectivity index (χ3v) is 8.60. The van der Waals surface area contributed by atoms with Crippen molar-refractivity contribution >= 4 is 5.57 Å². The maximum absolute atomic E-state index is 4.77. The summed E-state index contributed by atoms with van der Waals surface area (Å²) in [5, 5.41) is 0. The molecule has 7 rings (SSSR count). The predicted octanol–water partition coefficient (Wildman–Crippen LogP) is 10.9. The topological polar surface area (TPSA) is 25.8 Å². The molecule has 6 aromatic rings. The second kappa shape index (κ2) is 13.0. The van der Waals surface area contributed by atoms with E-state index < -0.39 is 0 Å². The summed E-state index contributed by atoms with van der Waals surface area (Å²) < 4.78 is 0. The van der Waals surface area contributed by atoms with Gasteiger partial charge < -0.3 is 0 Å². The second-order valence-electron chi connectivity index (χ2n) is 11.5. The van der Waals surface area contributed by atoms with Crippen LogP contribution in [0.5, 0.6) is 0 Å². The molecule has 0 bridgehead atoms. The quantitative estimate of drug-likeness (QED) is 0.188. The van der Waals surface area contributed by atoms with E-state index in [0.717, 1.165) is 28.7 Å². The van der Waals surface area contributed by atoms with Crippen LogP contribution in [-0.2, 0) is 0 Å². The summed E-state index contributed by atoms with van der Waals surface area (Å²) in [6.45, 7) is 2.30. The average molecular weight is 579 g/mol. The van der Waals surface area contributed by atoms with Crippen LogP contribution in [0.25, 0.3) is 39.0 Å². The van der Waals surface area contributed by atoms with Gasteiger partial charge in [0, 0.05) is 47.4 Å². The standard InChI is InChI=1S/C43H34N2/c1-31(37-24-38(28-44-27-37)33-16-8-3-9-17-33)41-23-22-36(32-14-6-2-7-15-32)26-42(41)43(35-20-12-5-13-21-35)40-25-39(29-45-30-40)34-18-10-4-11-19-34/h2-20,22-31H,21H2,1H3/b43-35-. The SMILES string of the molecule is CC(c1cncc(-c2ccccc2)c1)c1ccc(-c2ccccc2)cc1/C(=C1/C=CC=CC1)c1cncc(-c2ccccc2)c1. The highest BCUT2D eigenvalue weighted by atomic mass is 14.6. The Hall–Kier alpha value is -5.60. The van der Waals surface area contributed by atoms with Crippen molar-refractivity contribution in [2.45, 2.75) is 19.3 Å². The summed E-state index contributed by atoms with van der Waals surface area (Å²) in [4.78, 5) is 9.47. The first kappa shape index (κ1) is 28.2. The number of benzene rings is 4. The van der Waals surface area contributed by atoms with Crippen LogP contribution >= 0.6 is 0 Å². The Morgan fingerprint density at radius 3 is 1.78 bits per heavy atom. The second-order valence-corrected chi connectivity index (χ2v) is 11.5. The zero-order valence-corrected chi connectivity index (χ0v) is 25.3. The third-order valence-electron chi connectivity index (χ3n) is 8.60. The molecule has 0 fully saturated rings. The Morgan fingerprint density at radius 1 is 0.556 bits per heavy atom. The van der Waals surface area contributed by atoms with Crippen LogP contribution in [0.4, 0.5) is 0 Å². The summed E-state index contributed by atoms with van der Waals surface area (Å²) in [6.07, 6.45) is 17.6. The minimum absolute atomic E-state index is 0.102. The number of rotatable bonds is 7. The van der Waals surface area contributed by atoms with Gasteiger partial charge in [-0.2, -0.15) is 0 Å². The lowest BCUT2D eigenvalue weighted by Gasteiger charge is -2.23. The Labute approximate surface area is 265 Å². The fourth-order valence-electron chi connectivity index (χ4n) is 6.20. The van der Waals surface area contributed by atoms with Gasteiger partial charge in [0.05, 0.1) is 0 Å². The number of hydrogen-bond donors (Lipinski definition) is 0. The minimum Gasteiger partial charge on any atom is -0.264 e. The van der Waals surface area contributed by atoms with E-state index in [2.05, 4.69) is 153 Å². The number of pyridine rings is 2. The molecule has 2 nitrogen and oxygen atoms in total. The largest absolute Gasteiger partial charge is 0.264 e. The van der Waals surface area contributed by atoms with E-state index in [4.69, 9.17) is 9.97 Å². The maximum atomic E-state index is 4.77. The maximum Gasteiger partial charge on any atom is 0.0347 e. The van der Waals surface area contributed by atoms with Crippen LogP contribution in [-0.4, -0.2) is 9.97 Å². The molecule has 216 valence electrons. The summed E-state index contributed by atoms with van der Waals surface area (Å²) in [6, 6.07) is 43.2. The van der Waals surface area contributed by atoms with Crippen molar-refractivity contribution in [3.05, 3.63) is 198 Å². The summed E-state index contributed by atoms with van der Waals surface area (Å²) in [7, 11) is 0. The van der Waals surface area contributed by atoms with E-state index in [1.54, 1.807) is 0 Å². The van der Waals surface area contributed by atoms with Gasteiger partial charge in [-0.05, 0) is 74.7 Å². The van der Waals surface area contributed by atoms with Gasteiger partial charge in [-0.15, -0.1) is 0 Å². The minimum atomic E-state index is 0.102. The monoisotopic (exact) mass is 578 g/mol. The van der Waals surface area contributed by atoms with Crippen molar-refractivity contribution in [3.8, 4) is 33.4 Å². The molecule has 0 spiro atoms. The predicted molar refractivity (Wildman–Crippen MR) is 188 cm³/mol. The van der Waals surface area contributed by atoms with E-state index in [9.17, 15) is 0 Å². The van der Waals surface area contributed by atoms with E-state index in [1.165, 1.54) is 44.5 Å². The van der Waals surface area contributed by atoms with Crippen LogP contribution in [0.15, 0.2) is 176 Å². The molecule has 1 unspecified atom stereocenters. The van der Waals surface area contributed by atoms with Crippen molar-refractivity contribution < 1.29 is 0 Å². The van der Waals surface area contributed by atoms with Crippen molar-refractivity contribution in [1.29, 1.82) is 0 Å². The van der Waals surface area contributed by atoms with Gasteiger partial charge >= 0.3 is 0 Å². The Balaban J connectivity index is 1.43. The first-order valence-electron chi connectivity index (χ1n) is 15.5. The van der Waals surface area contributed by atoms with Gasteiger partial charge in [0.15, 0.2) is 0 Å². The molecule has 2 heteroatoms. The number of nitrogens with zero attached hydrogens (tertiary/aromatic N) is 2. The summed E-state index contributed by atoms with van der Waals surface area (Å²) in [5.74, 6) is 0.102. The molecule has 0 saturated heterocycles. The summed E-state index contributed by atoms with van der Waals surface area (Å²) in [5.41, 5.74) is 14.2. The third kappa shape index (κ3) is 6.09. The Kier molecular flexibility index (Phi) is 8.11. The number of allylic oxidation sites excluding steroid dienone is 5. The molecular formula is C43H34N2. The van der Waals surface area contributed by atoms with Gasteiger partial charge in [0.25, 0.3) is 0 Å². The molecule has 1 aliphatic rings. The molecule has 0 N–H and O–H groups in total. The van der Waals surface area contributed by atoms with E-state index >= 15 is 0 Å². The Morgan fingerprint density at radius 2 is 1.16 bits per heavy atom. The van der Waals surface area contributed by atoms with E-state index in [1.807, 2.05) is 24.8 Å². The molecule has 0 radical (unpaired) electrons. The van der Waals surface area contributed by atoms with E-state index in [0.29, 0.717) is 0 Å². The average Bonchev–Trinajstić information content (AvgIpc) is 3.13. The Bertz CT molecular complexity index is 2020. The molecule has 0 saturated carbocycles. The van der Waals surface area contributed by atoms with Crippen molar-refractivity contribution in [2.24, 2.45) is 0 Å². The molecule has 1 aliphatic carbocycles. The van der Waals surface area contributed by atoms with Gasteiger partial charge in [-0.1, -0.05) is 134 Å². The van der Waals surface area contributed by atoms with Gasteiger partial charge in [-0.25, -0.2) is 0 Å². The lowest BCUT2D eigenvalue weighted by Crippen LogP contribution is -2.05. The fraction of sp³-hybridized carbons (Fsp3) is 0.0698. The van der Waals surface area contributed by atoms with Crippen molar-refractivity contribution in [2.75, 3.05) is 0 Å². The van der Waals surface area contributed by atoms with Crippen LogP contribution in [0.3, 0.4) is 0 Å². The highest BCUT2D eigenvalue weighted by Gasteiger charge is 2.21. The highest BCUT2D eigenvalue weighted by molar-refractivity contribution is 5.89. The molecule has 1 atom stereocenters. The molecule has 2 aromatic heterocycles. The van der Waals surface area contributed by atoms with Crippen LogP contribution < -0.4 is 0 Å².